The van der Waals surface area contributed by atoms with Gasteiger partial charge in [-0.05, 0) is 13.3 Å². The van der Waals surface area contributed by atoms with Crippen molar-refractivity contribution < 1.29 is 19.1 Å². The smallest absolute Gasteiger partial charge is 0.336 e. The second-order valence-electron chi connectivity index (χ2n) is 7.12. The maximum absolute atomic E-state index is 13.8. The molecule has 1 aliphatic carbocycles. The van der Waals surface area contributed by atoms with Crippen LogP contribution in [0.5, 0.6) is 0 Å². The molecule has 0 amide bonds. The lowest BCUT2D eigenvalue weighted by Gasteiger charge is -2.41. The molecule has 1 saturated heterocycles. The van der Waals surface area contributed by atoms with Crippen molar-refractivity contribution in [2.24, 2.45) is 17.1 Å². The zero-order chi connectivity index (χ0) is 19.6. The van der Waals surface area contributed by atoms with Gasteiger partial charge in [-0.1, -0.05) is 31.2 Å². The van der Waals surface area contributed by atoms with Gasteiger partial charge < -0.3 is 20.1 Å². The fraction of sp³-hybridized carbons (Fsp3) is 0.450. The van der Waals surface area contributed by atoms with Gasteiger partial charge in [-0.15, -0.1) is 0 Å². The number of ketones is 1. The topological polar surface area (TPSA) is 106 Å². The Morgan fingerprint density at radius 1 is 1.44 bits per heavy atom. The average Bonchev–Trinajstić information content (AvgIpc) is 3.13. The number of Topliss-reactive ketones (excluding diaryl/α,β-unsaturated/α-hetero) is 1. The molecule has 140 valence electrons. The molecular weight excluding hydrogens is 346 g/mol. The summed E-state index contributed by atoms with van der Waals surface area (Å²) in [5.41, 5.74) is 5.24. The number of benzene rings is 1. The van der Waals surface area contributed by atoms with Crippen molar-refractivity contribution in [3.63, 3.8) is 0 Å². The van der Waals surface area contributed by atoms with Gasteiger partial charge in [-0.2, -0.15) is 5.26 Å². The van der Waals surface area contributed by atoms with E-state index < -0.39 is 29.3 Å². The maximum atomic E-state index is 13.8. The molecule has 0 radical (unpaired) electrons. The zero-order valence-corrected chi connectivity index (χ0v) is 15.5. The number of rotatable bonds is 3. The summed E-state index contributed by atoms with van der Waals surface area (Å²) in [5.74, 6) is -1.95. The Balaban J connectivity index is 2.14. The summed E-state index contributed by atoms with van der Waals surface area (Å²) in [7, 11) is 1.27. The van der Waals surface area contributed by atoms with Gasteiger partial charge in [0.05, 0.1) is 18.8 Å². The molecule has 4 atom stereocenters. The van der Waals surface area contributed by atoms with Crippen molar-refractivity contribution >= 4 is 11.8 Å². The number of carbonyl (C=O) groups excluding carboxylic acids is 2. The molecule has 7 nitrogen and oxygen atoms in total. The lowest BCUT2D eigenvalue weighted by Crippen LogP contribution is -2.52. The molecule has 27 heavy (non-hydrogen) atoms. The van der Waals surface area contributed by atoms with Crippen molar-refractivity contribution in [1.29, 1.82) is 5.26 Å². The summed E-state index contributed by atoms with van der Waals surface area (Å²) in [6, 6.07) is 9.27. The lowest BCUT2D eigenvalue weighted by atomic mass is 9.65. The highest BCUT2D eigenvalue weighted by Gasteiger charge is 2.82. The van der Waals surface area contributed by atoms with Crippen LogP contribution < -0.4 is 5.73 Å². The minimum atomic E-state index is -1.53. The largest absolute Gasteiger partial charge is 0.466 e. The predicted octanol–water partition coefficient (Wildman–Crippen LogP) is 1.65. The molecule has 0 aromatic heterocycles. The minimum absolute atomic E-state index is 0.180. The highest BCUT2D eigenvalue weighted by atomic mass is 16.6. The highest BCUT2D eigenvalue weighted by Crippen LogP contribution is 2.70. The molecule has 2 aliphatic heterocycles. The van der Waals surface area contributed by atoms with E-state index in [9.17, 15) is 14.9 Å². The van der Waals surface area contributed by atoms with E-state index in [0.29, 0.717) is 23.4 Å². The molecule has 2 unspecified atom stereocenters. The van der Waals surface area contributed by atoms with Gasteiger partial charge in [0.15, 0.2) is 11.5 Å². The van der Waals surface area contributed by atoms with E-state index in [2.05, 4.69) is 6.07 Å². The number of nitriles is 1. The van der Waals surface area contributed by atoms with Crippen LogP contribution in [0.3, 0.4) is 0 Å². The monoisotopic (exact) mass is 367 g/mol. The Labute approximate surface area is 157 Å². The van der Waals surface area contributed by atoms with Crippen molar-refractivity contribution in [2.75, 3.05) is 13.7 Å². The van der Waals surface area contributed by atoms with Gasteiger partial charge in [-0.25, -0.2) is 4.79 Å². The Morgan fingerprint density at radius 2 is 2.15 bits per heavy atom. The summed E-state index contributed by atoms with van der Waals surface area (Å²) in [4.78, 5) is 28.5. The number of esters is 1. The second kappa shape index (κ2) is 5.65. The molecule has 7 heteroatoms. The van der Waals surface area contributed by atoms with Crippen LogP contribution in [0.1, 0.15) is 36.2 Å². The fourth-order valence-electron chi connectivity index (χ4n) is 5.22. The van der Waals surface area contributed by atoms with Crippen LogP contribution in [-0.2, 0) is 20.0 Å². The standard InChI is InChI=1S/C20H21N3O4/c1-4-9-23-11(2)15(18(25)26-3)19-14(10-21)17(22)27-20(19,23)13-8-6-5-7-12(13)16(19)24/h5-8,14,17H,4,9,22H2,1-3H3/t14?,17?,19-,20-/m1/s1. The summed E-state index contributed by atoms with van der Waals surface area (Å²) >= 11 is 0. The van der Waals surface area contributed by atoms with Crippen LogP contribution in [0.25, 0.3) is 0 Å². The first-order chi connectivity index (χ1) is 12.9. The molecule has 0 saturated carbocycles. The van der Waals surface area contributed by atoms with Gasteiger partial charge in [-0.3, -0.25) is 4.79 Å². The Kier molecular flexibility index (Phi) is 3.71. The van der Waals surface area contributed by atoms with Crippen LogP contribution in [0.2, 0.25) is 0 Å². The van der Waals surface area contributed by atoms with E-state index >= 15 is 0 Å². The third-order valence-electron chi connectivity index (χ3n) is 6.05. The molecule has 3 aliphatic rings. The van der Waals surface area contributed by atoms with Crippen molar-refractivity contribution in [1.82, 2.24) is 4.90 Å². The van der Waals surface area contributed by atoms with Crippen LogP contribution in [0, 0.1) is 22.7 Å². The van der Waals surface area contributed by atoms with E-state index in [1.54, 1.807) is 19.1 Å². The first kappa shape index (κ1) is 17.7. The van der Waals surface area contributed by atoms with E-state index in [-0.39, 0.29) is 11.4 Å². The second-order valence-corrected chi connectivity index (χ2v) is 7.12. The third kappa shape index (κ3) is 1.68. The van der Waals surface area contributed by atoms with Crippen LogP contribution in [0.4, 0.5) is 0 Å². The molecule has 1 aromatic carbocycles. The SMILES string of the molecule is CCCN1C(C)=C(C(=O)OC)[C@]23C(=O)c4ccccc4[C@]12OC(N)C3C#N. The summed E-state index contributed by atoms with van der Waals surface area (Å²) in [5, 5.41) is 9.94. The molecule has 2 N–H and O–H groups in total. The average molecular weight is 367 g/mol. The normalized spacial score (nSPS) is 33.6. The Bertz CT molecular complexity index is 933. The molecule has 2 heterocycles. The van der Waals surface area contributed by atoms with Gasteiger partial charge >= 0.3 is 5.97 Å². The zero-order valence-electron chi connectivity index (χ0n) is 15.5. The predicted molar refractivity (Wildman–Crippen MR) is 94.8 cm³/mol. The first-order valence-corrected chi connectivity index (χ1v) is 8.98. The van der Waals surface area contributed by atoms with Gasteiger partial charge in [0, 0.05) is 23.4 Å². The van der Waals surface area contributed by atoms with Crippen LogP contribution >= 0.6 is 0 Å². The number of hydrogen-bond donors (Lipinski definition) is 1. The number of nitrogens with two attached hydrogens (primary N) is 1. The number of nitrogens with zero attached hydrogens (tertiary/aromatic N) is 2. The van der Waals surface area contributed by atoms with E-state index in [1.807, 2.05) is 24.0 Å². The molecule has 4 rings (SSSR count). The van der Waals surface area contributed by atoms with E-state index in [4.69, 9.17) is 15.2 Å². The number of fused-ring (bicyclic) bond motifs is 1. The fourth-order valence-corrected chi connectivity index (χ4v) is 5.22. The van der Waals surface area contributed by atoms with Crippen molar-refractivity contribution in [3.05, 3.63) is 46.7 Å². The molecule has 0 bridgehead atoms. The first-order valence-electron chi connectivity index (χ1n) is 8.98. The molecule has 0 spiro atoms. The minimum Gasteiger partial charge on any atom is -0.466 e. The van der Waals surface area contributed by atoms with Crippen LogP contribution in [-0.4, -0.2) is 36.5 Å². The number of methoxy groups -OCH3 is 1. The van der Waals surface area contributed by atoms with Gasteiger partial charge in [0.25, 0.3) is 0 Å². The van der Waals surface area contributed by atoms with Gasteiger partial charge in [0.2, 0.25) is 0 Å². The summed E-state index contributed by atoms with van der Waals surface area (Å²) in [6.45, 7) is 4.32. The van der Waals surface area contributed by atoms with Crippen molar-refractivity contribution in [2.45, 2.75) is 32.2 Å². The molecule has 1 fully saturated rings. The summed E-state index contributed by atoms with van der Waals surface area (Å²) < 4.78 is 11.3. The number of allylic oxidation sites excluding steroid dienone is 1. The quantitative estimate of drug-likeness (QED) is 0.810. The third-order valence-corrected chi connectivity index (χ3v) is 6.05. The lowest BCUT2D eigenvalue weighted by molar-refractivity contribution is -0.155. The van der Waals surface area contributed by atoms with Crippen LogP contribution in [0.15, 0.2) is 35.5 Å². The van der Waals surface area contributed by atoms with E-state index in [0.717, 1.165) is 6.42 Å². The Morgan fingerprint density at radius 3 is 2.78 bits per heavy atom. The highest BCUT2D eigenvalue weighted by molar-refractivity contribution is 6.15. The van der Waals surface area contributed by atoms with E-state index in [1.165, 1.54) is 7.11 Å². The molecule has 1 aromatic rings. The van der Waals surface area contributed by atoms with Gasteiger partial charge in [0.1, 0.15) is 17.6 Å². The maximum Gasteiger partial charge on any atom is 0.336 e. The number of hydrogen-bond acceptors (Lipinski definition) is 7. The number of carbonyl (C=O) groups is 2. The number of ether oxygens (including phenoxy) is 2. The summed E-state index contributed by atoms with van der Waals surface area (Å²) in [6.07, 6.45) is -0.241. The molecular formula is C20H21N3O4. The van der Waals surface area contributed by atoms with Crippen molar-refractivity contribution in [3.8, 4) is 6.07 Å². The Hall–Kier alpha value is -2.69.